The average molecular weight is 253 g/mol. The van der Waals surface area contributed by atoms with Crippen LogP contribution in [0.25, 0.3) is 0 Å². The Bertz CT molecular complexity index is 537. The molecule has 0 heterocycles. The van der Waals surface area contributed by atoms with Crippen LogP contribution in [0.4, 0.5) is 0 Å². The Morgan fingerprint density at radius 2 is 1.58 bits per heavy atom. The monoisotopic (exact) mass is 253 g/mol. The number of aryl methyl sites for hydroxylation is 3. The zero-order valence-electron chi connectivity index (χ0n) is 12.1. The van der Waals surface area contributed by atoms with Gasteiger partial charge in [-0.3, -0.25) is 0 Å². The molecule has 0 amide bonds. The van der Waals surface area contributed by atoms with E-state index >= 15 is 0 Å². The summed E-state index contributed by atoms with van der Waals surface area (Å²) in [5.74, 6) is 0.404. The van der Waals surface area contributed by atoms with E-state index in [1.807, 2.05) is 0 Å². The predicted molar refractivity (Wildman–Crippen MR) is 82.6 cm³/mol. The van der Waals surface area contributed by atoms with E-state index in [-0.39, 0.29) is 0 Å². The summed E-state index contributed by atoms with van der Waals surface area (Å²) < 4.78 is 0. The molecule has 0 saturated heterocycles. The van der Waals surface area contributed by atoms with E-state index in [2.05, 4.69) is 63.2 Å². The van der Waals surface area contributed by atoms with Gasteiger partial charge in [0.05, 0.1) is 0 Å². The zero-order valence-corrected chi connectivity index (χ0v) is 12.1. The molecule has 0 fully saturated rings. The van der Waals surface area contributed by atoms with E-state index in [1.165, 1.54) is 27.8 Å². The molecule has 0 aromatic heterocycles. The first-order valence-corrected chi connectivity index (χ1v) is 6.92. The molecule has 0 aliphatic rings. The lowest BCUT2D eigenvalue weighted by atomic mass is 9.90. The molecular weight excluding hydrogens is 230 g/mol. The van der Waals surface area contributed by atoms with Crippen molar-refractivity contribution in [3.8, 4) is 0 Å². The third kappa shape index (κ3) is 3.68. The van der Waals surface area contributed by atoms with E-state index in [0.717, 1.165) is 6.42 Å². The minimum absolute atomic E-state index is 0.404. The normalized spacial score (nSPS) is 12.4. The van der Waals surface area contributed by atoms with Gasteiger partial charge >= 0.3 is 0 Å². The maximum atomic E-state index is 5.98. The van der Waals surface area contributed by atoms with Gasteiger partial charge in [0, 0.05) is 5.92 Å². The molecule has 0 spiro atoms. The predicted octanol–water partition coefficient (Wildman–Crippen LogP) is 3.90. The summed E-state index contributed by atoms with van der Waals surface area (Å²) in [5.41, 5.74) is 12.7. The molecule has 0 bridgehead atoms. The van der Waals surface area contributed by atoms with Crippen LogP contribution < -0.4 is 5.73 Å². The molecule has 0 saturated carbocycles. The van der Waals surface area contributed by atoms with Crippen molar-refractivity contribution in [2.24, 2.45) is 5.73 Å². The number of nitrogens with two attached hydrogens (primary N) is 1. The minimum atomic E-state index is 0.404. The van der Waals surface area contributed by atoms with Gasteiger partial charge in [-0.15, -0.1) is 0 Å². The zero-order chi connectivity index (χ0) is 13.8. The Kier molecular flexibility index (Phi) is 4.39. The molecule has 2 N–H and O–H groups in total. The second-order valence-corrected chi connectivity index (χ2v) is 5.55. The van der Waals surface area contributed by atoms with E-state index in [9.17, 15) is 0 Å². The van der Waals surface area contributed by atoms with Gasteiger partial charge in [-0.2, -0.15) is 0 Å². The lowest BCUT2D eigenvalue weighted by Crippen LogP contribution is -2.15. The van der Waals surface area contributed by atoms with Gasteiger partial charge in [0.25, 0.3) is 0 Å². The van der Waals surface area contributed by atoms with E-state index in [4.69, 9.17) is 5.73 Å². The fraction of sp³-hybridized carbons (Fsp3) is 0.333. The molecule has 2 rings (SSSR count). The van der Waals surface area contributed by atoms with Crippen molar-refractivity contribution in [1.29, 1.82) is 0 Å². The Morgan fingerprint density at radius 1 is 0.895 bits per heavy atom. The number of rotatable bonds is 4. The largest absolute Gasteiger partial charge is 0.330 e. The third-order valence-corrected chi connectivity index (χ3v) is 3.56. The maximum Gasteiger partial charge on any atom is 0.000167 e. The van der Waals surface area contributed by atoms with Gasteiger partial charge in [-0.25, -0.2) is 0 Å². The van der Waals surface area contributed by atoms with Crippen LogP contribution in [0.5, 0.6) is 0 Å². The summed E-state index contributed by atoms with van der Waals surface area (Å²) in [6.45, 7) is 7.13. The minimum Gasteiger partial charge on any atom is -0.330 e. The number of hydrogen-bond donors (Lipinski definition) is 1. The maximum absolute atomic E-state index is 5.98. The Balaban J connectivity index is 2.23. The highest BCUT2D eigenvalue weighted by Gasteiger charge is 2.11. The van der Waals surface area contributed by atoms with Gasteiger partial charge in [0.1, 0.15) is 0 Å². The van der Waals surface area contributed by atoms with Crippen molar-refractivity contribution in [1.82, 2.24) is 0 Å². The molecular formula is C18H23N. The molecule has 0 radical (unpaired) electrons. The molecule has 1 nitrogen and oxygen atoms in total. The Morgan fingerprint density at radius 3 is 2.16 bits per heavy atom. The fourth-order valence-electron chi connectivity index (χ4n) is 2.73. The van der Waals surface area contributed by atoms with Crippen molar-refractivity contribution in [2.45, 2.75) is 33.1 Å². The first kappa shape index (κ1) is 13.8. The molecule has 1 heteroatoms. The second-order valence-electron chi connectivity index (χ2n) is 5.55. The Labute approximate surface area is 116 Å². The van der Waals surface area contributed by atoms with Crippen LogP contribution in [0.15, 0.2) is 42.5 Å². The first-order valence-electron chi connectivity index (χ1n) is 6.92. The average Bonchev–Trinajstić information content (AvgIpc) is 2.34. The summed E-state index contributed by atoms with van der Waals surface area (Å²) in [4.78, 5) is 0. The highest BCUT2D eigenvalue weighted by atomic mass is 14.5. The van der Waals surface area contributed by atoms with Crippen molar-refractivity contribution in [3.63, 3.8) is 0 Å². The summed E-state index contributed by atoms with van der Waals surface area (Å²) >= 11 is 0. The van der Waals surface area contributed by atoms with Crippen molar-refractivity contribution in [2.75, 3.05) is 6.54 Å². The molecule has 0 aliphatic carbocycles. The SMILES string of the molecule is Cc1cc(C)cc(CC(CN)c2cccc(C)c2)c1. The lowest BCUT2D eigenvalue weighted by molar-refractivity contribution is 0.693. The standard InChI is InChI=1S/C18H23N/c1-13-5-4-6-17(10-13)18(12-19)11-16-8-14(2)7-15(3)9-16/h4-10,18H,11-12,19H2,1-3H3. The van der Waals surface area contributed by atoms with Gasteiger partial charge in [-0.05, 0) is 44.9 Å². The molecule has 2 aromatic rings. The fourth-order valence-corrected chi connectivity index (χ4v) is 2.73. The summed E-state index contributed by atoms with van der Waals surface area (Å²) in [5, 5.41) is 0. The van der Waals surface area contributed by atoms with Crippen LogP contribution in [0.1, 0.15) is 33.7 Å². The van der Waals surface area contributed by atoms with Crippen molar-refractivity contribution < 1.29 is 0 Å². The Hall–Kier alpha value is -1.60. The van der Waals surface area contributed by atoms with E-state index in [0.29, 0.717) is 12.5 Å². The summed E-state index contributed by atoms with van der Waals surface area (Å²) in [6.07, 6.45) is 1.02. The molecule has 0 aliphatic heterocycles. The highest BCUT2D eigenvalue weighted by molar-refractivity contribution is 5.32. The van der Waals surface area contributed by atoms with Crippen molar-refractivity contribution in [3.05, 3.63) is 70.3 Å². The lowest BCUT2D eigenvalue weighted by Gasteiger charge is -2.17. The van der Waals surface area contributed by atoms with Crippen molar-refractivity contribution >= 4 is 0 Å². The van der Waals surface area contributed by atoms with Gasteiger partial charge in [0.15, 0.2) is 0 Å². The van der Waals surface area contributed by atoms with Crippen LogP contribution in [0.2, 0.25) is 0 Å². The number of hydrogen-bond acceptors (Lipinski definition) is 1. The van der Waals surface area contributed by atoms with E-state index in [1.54, 1.807) is 0 Å². The molecule has 19 heavy (non-hydrogen) atoms. The third-order valence-electron chi connectivity index (χ3n) is 3.56. The van der Waals surface area contributed by atoms with Crippen LogP contribution in [-0.2, 0) is 6.42 Å². The van der Waals surface area contributed by atoms with Gasteiger partial charge in [0.2, 0.25) is 0 Å². The second kappa shape index (κ2) is 6.03. The topological polar surface area (TPSA) is 26.0 Å². The smallest absolute Gasteiger partial charge is 0.000167 e. The molecule has 1 atom stereocenters. The number of benzene rings is 2. The van der Waals surface area contributed by atoms with Crippen LogP contribution >= 0.6 is 0 Å². The summed E-state index contributed by atoms with van der Waals surface area (Å²) in [7, 11) is 0. The first-order chi connectivity index (χ1) is 9.08. The van der Waals surface area contributed by atoms with E-state index < -0.39 is 0 Å². The molecule has 1 unspecified atom stereocenters. The van der Waals surface area contributed by atoms with Crippen LogP contribution in [0.3, 0.4) is 0 Å². The highest BCUT2D eigenvalue weighted by Crippen LogP contribution is 2.22. The van der Waals surface area contributed by atoms with Gasteiger partial charge in [-0.1, -0.05) is 59.2 Å². The molecule has 2 aromatic carbocycles. The molecule has 100 valence electrons. The quantitative estimate of drug-likeness (QED) is 0.878. The van der Waals surface area contributed by atoms with Crippen LogP contribution in [0, 0.1) is 20.8 Å². The van der Waals surface area contributed by atoms with Crippen LogP contribution in [-0.4, -0.2) is 6.54 Å². The summed E-state index contributed by atoms with van der Waals surface area (Å²) in [6, 6.07) is 15.4. The van der Waals surface area contributed by atoms with Gasteiger partial charge < -0.3 is 5.73 Å².